The van der Waals surface area contributed by atoms with Crippen molar-refractivity contribution in [2.24, 2.45) is 5.92 Å². The zero-order chi connectivity index (χ0) is 19.5. The number of carbonyl (C=O) groups excluding carboxylic acids is 1. The summed E-state index contributed by atoms with van der Waals surface area (Å²) in [5, 5.41) is 0. The van der Waals surface area contributed by atoms with Gasteiger partial charge in [0, 0.05) is 17.4 Å². The highest BCUT2D eigenvalue weighted by molar-refractivity contribution is 6.01. The number of allylic oxidation sites excluding steroid dienone is 2. The Morgan fingerprint density at radius 1 is 0.929 bits per heavy atom. The van der Waals surface area contributed by atoms with E-state index in [1.807, 2.05) is 60.7 Å². The van der Waals surface area contributed by atoms with Crippen molar-refractivity contribution in [2.45, 2.75) is 12.3 Å². The highest BCUT2D eigenvalue weighted by atomic mass is 19.1. The van der Waals surface area contributed by atoms with Gasteiger partial charge in [0.2, 0.25) is 0 Å². The lowest BCUT2D eigenvalue weighted by Gasteiger charge is -2.21. The fraction of sp³-hybridized carbons (Fsp3) is 0.160. The Bertz CT molecular complexity index is 1010. The lowest BCUT2D eigenvalue weighted by atomic mass is 9.83. The van der Waals surface area contributed by atoms with Crippen LogP contribution in [0.25, 0.3) is 5.57 Å². The van der Waals surface area contributed by atoms with E-state index in [0.29, 0.717) is 12.0 Å². The van der Waals surface area contributed by atoms with E-state index in [1.165, 1.54) is 12.1 Å². The van der Waals surface area contributed by atoms with Gasteiger partial charge in [0.05, 0.1) is 7.11 Å². The summed E-state index contributed by atoms with van der Waals surface area (Å²) in [5.74, 6) is 0.295. The lowest BCUT2D eigenvalue weighted by Crippen LogP contribution is -2.18. The molecule has 0 saturated heterocycles. The lowest BCUT2D eigenvalue weighted by molar-refractivity contribution is 0.0934. The van der Waals surface area contributed by atoms with Gasteiger partial charge in [0.1, 0.15) is 11.6 Å². The van der Waals surface area contributed by atoms with E-state index in [4.69, 9.17) is 4.74 Å². The van der Waals surface area contributed by atoms with E-state index in [1.54, 1.807) is 19.2 Å². The Morgan fingerprint density at radius 3 is 2.32 bits per heavy atom. The third-order valence-corrected chi connectivity index (χ3v) is 5.37. The van der Waals surface area contributed by atoms with Crippen LogP contribution in [0, 0.1) is 11.7 Å². The number of carbonyl (C=O) groups is 1. The van der Waals surface area contributed by atoms with Crippen molar-refractivity contribution in [3.8, 4) is 5.75 Å². The minimum absolute atomic E-state index is 0.0242. The fourth-order valence-corrected chi connectivity index (χ4v) is 3.97. The predicted molar refractivity (Wildman–Crippen MR) is 109 cm³/mol. The summed E-state index contributed by atoms with van der Waals surface area (Å²) in [7, 11) is 1.65. The first-order valence-electron chi connectivity index (χ1n) is 9.36. The van der Waals surface area contributed by atoms with Crippen molar-refractivity contribution < 1.29 is 13.9 Å². The molecule has 1 aliphatic rings. The molecule has 0 saturated carbocycles. The highest BCUT2D eigenvalue weighted by Crippen LogP contribution is 2.46. The number of methoxy groups -OCH3 is 1. The number of hydrogen-bond donors (Lipinski definition) is 0. The van der Waals surface area contributed by atoms with Gasteiger partial charge < -0.3 is 4.74 Å². The smallest absolute Gasteiger partial charge is 0.170 e. The minimum Gasteiger partial charge on any atom is -0.496 e. The zero-order valence-corrected chi connectivity index (χ0v) is 15.6. The number of para-hydroxylation sites is 1. The maximum absolute atomic E-state index is 13.4. The number of ether oxygens (including phenoxy) is 1. The average Bonchev–Trinajstić information content (AvgIpc) is 3.19. The second-order valence-corrected chi connectivity index (χ2v) is 7.01. The van der Waals surface area contributed by atoms with Crippen LogP contribution in [-0.4, -0.2) is 12.9 Å². The van der Waals surface area contributed by atoms with Crippen molar-refractivity contribution in [1.29, 1.82) is 0 Å². The molecule has 2 nitrogen and oxygen atoms in total. The van der Waals surface area contributed by atoms with Gasteiger partial charge in [-0.3, -0.25) is 4.79 Å². The molecule has 0 radical (unpaired) electrons. The second-order valence-electron chi connectivity index (χ2n) is 7.01. The molecule has 3 aromatic rings. The molecular weight excluding hydrogens is 351 g/mol. The molecule has 140 valence electrons. The van der Waals surface area contributed by atoms with Crippen molar-refractivity contribution in [3.05, 3.63) is 107 Å². The molecular formula is C25H21FO2. The SMILES string of the molecule is COc1ccccc1C1CC(c2ccc(F)cc2)=CC1C(=O)c1ccccc1. The van der Waals surface area contributed by atoms with Crippen molar-refractivity contribution >= 4 is 11.4 Å². The quantitative estimate of drug-likeness (QED) is 0.521. The van der Waals surface area contributed by atoms with E-state index in [2.05, 4.69) is 0 Å². The maximum atomic E-state index is 13.4. The summed E-state index contributed by atoms with van der Waals surface area (Å²) in [6.07, 6.45) is 2.74. The predicted octanol–water partition coefficient (Wildman–Crippen LogP) is 5.90. The number of ketones is 1. The first-order chi connectivity index (χ1) is 13.7. The summed E-state index contributed by atoms with van der Waals surface area (Å²) in [5.41, 5.74) is 3.73. The Balaban J connectivity index is 1.76. The van der Waals surface area contributed by atoms with Gasteiger partial charge in [-0.15, -0.1) is 0 Å². The summed E-state index contributed by atoms with van der Waals surface area (Å²) in [4.78, 5) is 13.3. The van der Waals surface area contributed by atoms with Gasteiger partial charge in [-0.2, -0.15) is 0 Å². The summed E-state index contributed by atoms with van der Waals surface area (Å²) >= 11 is 0. The Hall–Kier alpha value is -3.20. The molecule has 0 aromatic heterocycles. The van der Waals surface area contributed by atoms with Crippen molar-refractivity contribution in [1.82, 2.24) is 0 Å². The molecule has 0 aliphatic heterocycles. The van der Waals surface area contributed by atoms with Crippen LogP contribution in [-0.2, 0) is 0 Å². The van der Waals surface area contributed by atoms with Gasteiger partial charge in [-0.1, -0.05) is 66.7 Å². The molecule has 0 amide bonds. The molecule has 3 aromatic carbocycles. The van der Waals surface area contributed by atoms with Gasteiger partial charge >= 0.3 is 0 Å². The third kappa shape index (κ3) is 3.48. The molecule has 2 unspecified atom stereocenters. The van der Waals surface area contributed by atoms with Crippen LogP contribution < -0.4 is 4.74 Å². The molecule has 0 fully saturated rings. The highest BCUT2D eigenvalue weighted by Gasteiger charge is 2.36. The Morgan fingerprint density at radius 2 is 1.61 bits per heavy atom. The fourth-order valence-electron chi connectivity index (χ4n) is 3.97. The Labute approximate surface area is 164 Å². The van der Waals surface area contributed by atoms with Gasteiger partial charge in [-0.05, 0) is 41.3 Å². The van der Waals surface area contributed by atoms with Crippen LogP contribution in [0.3, 0.4) is 0 Å². The number of Topliss-reactive ketones (excluding diaryl/α,β-unsaturated/α-hetero) is 1. The molecule has 0 heterocycles. The minimum atomic E-state index is -0.293. The average molecular weight is 372 g/mol. The van der Waals surface area contributed by atoms with Crippen LogP contribution in [0.15, 0.2) is 84.9 Å². The van der Waals surface area contributed by atoms with Crippen LogP contribution in [0.4, 0.5) is 4.39 Å². The van der Waals surface area contributed by atoms with Crippen LogP contribution in [0.5, 0.6) is 5.75 Å². The first kappa shape index (κ1) is 18.2. The standard InChI is InChI=1S/C25H21FO2/c1-28-24-10-6-5-9-21(24)22-15-19(17-11-13-20(26)14-12-17)16-23(22)25(27)18-7-3-2-4-8-18/h2-14,16,22-23H,15H2,1H3. The number of halogens is 1. The summed E-state index contributed by atoms with van der Waals surface area (Å²) < 4.78 is 18.9. The van der Waals surface area contributed by atoms with Crippen LogP contribution in [0.1, 0.15) is 33.8 Å². The number of hydrogen-bond acceptors (Lipinski definition) is 2. The monoisotopic (exact) mass is 372 g/mol. The molecule has 3 heteroatoms. The van der Waals surface area contributed by atoms with E-state index < -0.39 is 0 Å². The van der Waals surface area contributed by atoms with E-state index in [0.717, 1.165) is 22.4 Å². The number of benzene rings is 3. The van der Waals surface area contributed by atoms with E-state index >= 15 is 0 Å². The second kappa shape index (κ2) is 7.81. The van der Waals surface area contributed by atoms with Crippen LogP contribution in [0.2, 0.25) is 0 Å². The molecule has 28 heavy (non-hydrogen) atoms. The molecule has 2 atom stereocenters. The van der Waals surface area contributed by atoms with E-state index in [9.17, 15) is 9.18 Å². The molecule has 4 rings (SSSR count). The van der Waals surface area contributed by atoms with Crippen LogP contribution >= 0.6 is 0 Å². The first-order valence-corrected chi connectivity index (χ1v) is 9.36. The van der Waals surface area contributed by atoms with Crippen molar-refractivity contribution in [3.63, 3.8) is 0 Å². The number of rotatable bonds is 5. The summed E-state index contributed by atoms with van der Waals surface area (Å²) in [6.45, 7) is 0. The topological polar surface area (TPSA) is 26.3 Å². The Kier molecular flexibility index (Phi) is 5.07. The zero-order valence-electron chi connectivity index (χ0n) is 15.6. The molecule has 1 aliphatic carbocycles. The van der Waals surface area contributed by atoms with Gasteiger partial charge in [0.15, 0.2) is 5.78 Å². The van der Waals surface area contributed by atoms with Crippen molar-refractivity contribution in [2.75, 3.05) is 7.11 Å². The molecule has 0 spiro atoms. The molecule has 0 bridgehead atoms. The van der Waals surface area contributed by atoms with E-state index in [-0.39, 0.29) is 23.4 Å². The normalized spacial score (nSPS) is 18.6. The third-order valence-electron chi connectivity index (χ3n) is 5.37. The summed E-state index contributed by atoms with van der Waals surface area (Å²) in [6, 6.07) is 23.7. The largest absolute Gasteiger partial charge is 0.496 e. The maximum Gasteiger partial charge on any atom is 0.170 e. The van der Waals surface area contributed by atoms with Gasteiger partial charge in [0.25, 0.3) is 0 Å². The molecule has 0 N–H and O–H groups in total. The van der Waals surface area contributed by atoms with Gasteiger partial charge in [-0.25, -0.2) is 4.39 Å².